The molecule has 0 bridgehead atoms. The molecule has 0 amide bonds. The summed E-state index contributed by atoms with van der Waals surface area (Å²) < 4.78 is 0. The Morgan fingerprint density at radius 1 is 0.400 bits per heavy atom. The maximum atomic E-state index is 4.97. The van der Waals surface area contributed by atoms with Gasteiger partial charge in [0.1, 0.15) is 0 Å². The molecule has 0 unspecified atom stereocenters. The molecule has 40 heavy (non-hydrogen) atoms. The Morgan fingerprint density at radius 2 is 1.00 bits per heavy atom. The highest BCUT2D eigenvalue weighted by Crippen LogP contribution is 2.32. The summed E-state index contributed by atoms with van der Waals surface area (Å²) in [4.78, 5) is 18.7. The van der Waals surface area contributed by atoms with E-state index in [-0.39, 0.29) is 0 Å². The van der Waals surface area contributed by atoms with Gasteiger partial charge in [0.2, 0.25) is 0 Å². The van der Waals surface area contributed by atoms with E-state index in [0.717, 1.165) is 50.1 Å². The quantitative estimate of drug-likeness (QED) is 0.231. The van der Waals surface area contributed by atoms with Crippen molar-refractivity contribution < 1.29 is 0 Å². The van der Waals surface area contributed by atoms with E-state index in [2.05, 4.69) is 113 Å². The molecule has 0 aliphatic carbocycles. The number of benzene rings is 4. The zero-order valence-corrected chi connectivity index (χ0v) is 21.6. The van der Waals surface area contributed by atoms with Gasteiger partial charge in [0, 0.05) is 46.2 Å². The third-order valence-electron chi connectivity index (χ3n) is 7.08. The van der Waals surface area contributed by atoms with Crippen LogP contribution in [-0.4, -0.2) is 19.9 Å². The number of hydrogen-bond acceptors (Lipinski definition) is 4. The molecule has 0 saturated heterocycles. The first-order valence-electron chi connectivity index (χ1n) is 13.2. The topological polar surface area (TPSA) is 51.6 Å². The summed E-state index contributed by atoms with van der Waals surface area (Å²) in [5, 5.41) is 1.13. The van der Waals surface area contributed by atoms with Crippen LogP contribution < -0.4 is 0 Å². The van der Waals surface area contributed by atoms with Gasteiger partial charge in [0.25, 0.3) is 0 Å². The van der Waals surface area contributed by atoms with Crippen molar-refractivity contribution in [2.24, 2.45) is 0 Å². The van der Waals surface area contributed by atoms with Crippen LogP contribution in [0, 0.1) is 0 Å². The summed E-state index contributed by atoms with van der Waals surface area (Å²) in [6, 6.07) is 43.8. The van der Waals surface area contributed by atoms with Crippen molar-refractivity contribution >= 4 is 10.9 Å². The van der Waals surface area contributed by atoms with E-state index in [1.54, 1.807) is 12.4 Å². The van der Waals surface area contributed by atoms with Crippen LogP contribution in [-0.2, 0) is 0 Å². The molecule has 0 atom stereocenters. The van der Waals surface area contributed by atoms with Gasteiger partial charge < -0.3 is 0 Å². The summed E-state index contributed by atoms with van der Waals surface area (Å²) in [5.41, 5.74) is 10.3. The van der Waals surface area contributed by atoms with Crippen LogP contribution in [0.3, 0.4) is 0 Å². The highest BCUT2D eigenvalue weighted by molar-refractivity contribution is 5.93. The van der Waals surface area contributed by atoms with Crippen molar-refractivity contribution in [1.82, 2.24) is 19.9 Å². The Kier molecular flexibility index (Phi) is 6.11. The number of para-hydroxylation sites is 1. The van der Waals surface area contributed by atoms with Crippen LogP contribution in [0.4, 0.5) is 0 Å². The summed E-state index contributed by atoms with van der Waals surface area (Å²) >= 11 is 0. The minimum atomic E-state index is 0.671. The molecule has 0 spiro atoms. The maximum absolute atomic E-state index is 4.97. The van der Waals surface area contributed by atoms with Crippen molar-refractivity contribution in [2.45, 2.75) is 0 Å². The van der Waals surface area contributed by atoms with Crippen molar-refractivity contribution in [3.8, 4) is 56.2 Å². The average Bonchev–Trinajstić information content (AvgIpc) is 3.05. The molecule has 0 radical (unpaired) electrons. The Bertz CT molecular complexity index is 1910. The zero-order chi connectivity index (χ0) is 26.7. The molecule has 0 fully saturated rings. The second-order valence-electron chi connectivity index (χ2n) is 9.60. The van der Waals surface area contributed by atoms with Crippen molar-refractivity contribution in [3.63, 3.8) is 0 Å². The molecule has 7 aromatic rings. The molecule has 188 valence electrons. The number of rotatable bonds is 5. The SMILES string of the molecule is c1ccc(-c2ccc(-c3cc(-c4ccc(-c5cccc6cccnc56)cc4)nc(-c4ccncc4)n3)cc2)cc1. The highest BCUT2D eigenvalue weighted by atomic mass is 14.9. The molecule has 4 heteroatoms. The average molecular weight is 513 g/mol. The second-order valence-corrected chi connectivity index (χ2v) is 9.60. The Labute approximate surface area is 232 Å². The second kappa shape index (κ2) is 10.4. The molecular weight excluding hydrogens is 488 g/mol. The number of nitrogens with zero attached hydrogens (tertiary/aromatic N) is 4. The van der Waals surface area contributed by atoms with Gasteiger partial charge >= 0.3 is 0 Å². The van der Waals surface area contributed by atoms with Gasteiger partial charge in [-0.15, -0.1) is 0 Å². The number of hydrogen-bond donors (Lipinski definition) is 0. The Morgan fingerprint density at radius 3 is 1.70 bits per heavy atom. The van der Waals surface area contributed by atoms with E-state index in [1.165, 1.54) is 11.1 Å². The molecule has 7 rings (SSSR count). The first-order chi connectivity index (χ1) is 19.8. The fourth-order valence-electron chi connectivity index (χ4n) is 4.99. The molecular formula is C36H24N4. The van der Waals surface area contributed by atoms with E-state index < -0.39 is 0 Å². The molecule has 3 heterocycles. The lowest BCUT2D eigenvalue weighted by Crippen LogP contribution is -1.96. The molecule has 0 aliphatic rings. The maximum Gasteiger partial charge on any atom is 0.160 e. The van der Waals surface area contributed by atoms with E-state index in [4.69, 9.17) is 9.97 Å². The van der Waals surface area contributed by atoms with Crippen LogP contribution in [0.1, 0.15) is 0 Å². The van der Waals surface area contributed by atoms with Gasteiger partial charge in [0.15, 0.2) is 5.82 Å². The monoisotopic (exact) mass is 512 g/mol. The summed E-state index contributed by atoms with van der Waals surface area (Å²) in [6.07, 6.45) is 5.38. The smallest absolute Gasteiger partial charge is 0.160 e. The van der Waals surface area contributed by atoms with E-state index in [1.807, 2.05) is 30.5 Å². The summed E-state index contributed by atoms with van der Waals surface area (Å²) in [5.74, 6) is 0.671. The predicted octanol–water partition coefficient (Wildman–Crippen LogP) is 8.75. The molecule has 4 aromatic carbocycles. The van der Waals surface area contributed by atoms with E-state index in [0.29, 0.717) is 5.82 Å². The molecule has 0 aliphatic heterocycles. The molecule has 0 saturated carbocycles. The van der Waals surface area contributed by atoms with Crippen molar-refractivity contribution in [1.29, 1.82) is 0 Å². The third-order valence-corrected chi connectivity index (χ3v) is 7.08. The van der Waals surface area contributed by atoms with E-state index >= 15 is 0 Å². The van der Waals surface area contributed by atoms with Gasteiger partial charge in [-0.2, -0.15) is 0 Å². The largest absolute Gasteiger partial charge is 0.265 e. The van der Waals surface area contributed by atoms with Crippen LogP contribution in [0.15, 0.2) is 146 Å². The van der Waals surface area contributed by atoms with Gasteiger partial charge in [-0.25, -0.2) is 9.97 Å². The Hall–Kier alpha value is -5.48. The number of fused-ring (bicyclic) bond motifs is 1. The normalized spacial score (nSPS) is 11.0. The Balaban J connectivity index is 1.29. The first kappa shape index (κ1) is 23.6. The predicted molar refractivity (Wildman–Crippen MR) is 162 cm³/mol. The highest BCUT2D eigenvalue weighted by Gasteiger charge is 2.12. The standard InChI is InChI=1S/C36H24N4/c1-2-6-25(7-3-1)26-11-15-28(16-12-26)33-24-34(40-36(39-33)31-19-22-37-23-20-31)29-17-13-27(14-18-29)32-10-4-8-30-9-5-21-38-35(30)32/h1-24H. The van der Waals surface area contributed by atoms with E-state index in [9.17, 15) is 0 Å². The van der Waals surface area contributed by atoms with Gasteiger partial charge in [-0.05, 0) is 41.0 Å². The van der Waals surface area contributed by atoms with Crippen LogP contribution in [0.2, 0.25) is 0 Å². The van der Waals surface area contributed by atoms with Gasteiger partial charge in [-0.1, -0.05) is 103 Å². The first-order valence-corrected chi connectivity index (χ1v) is 13.2. The lowest BCUT2D eigenvalue weighted by atomic mass is 9.99. The fourth-order valence-corrected chi connectivity index (χ4v) is 4.99. The number of pyridine rings is 2. The summed E-state index contributed by atoms with van der Waals surface area (Å²) in [7, 11) is 0. The summed E-state index contributed by atoms with van der Waals surface area (Å²) in [6.45, 7) is 0. The molecule has 4 nitrogen and oxygen atoms in total. The minimum Gasteiger partial charge on any atom is -0.265 e. The van der Waals surface area contributed by atoms with Crippen molar-refractivity contribution in [2.75, 3.05) is 0 Å². The fraction of sp³-hybridized carbons (Fsp3) is 0. The van der Waals surface area contributed by atoms with Gasteiger partial charge in [-0.3, -0.25) is 9.97 Å². The van der Waals surface area contributed by atoms with Crippen LogP contribution >= 0.6 is 0 Å². The van der Waals surface area contributed by atoms with Crippen LogP contribution in [0.25, 0.3) is 67.1 Å². The third kappa shape index (κ3) is 4.63. The lowest BCUT2D eigenvalue weighted by Gasteiger charge is -2.11. The van der Waals surface area contributed by atoms with Crippen LogP contribution in [0.5, 0.6) is 0 Å². The number of aromatic nitrogens is 4. The lowest BCUT2D eigenvalue weighted by molar-refractivity contribution is 1.18. The molecule has 0 N–H and O–H groups in total. The van der Waals surface area contributed by atoms with Gasteiger partial charge in [0.05, 0.1) is 16.9 Å². The zero-order valence-electron chi connectivity index (χ0n) is 21.6. The van der Waals surface area contributed by atoms with Crippen molar-refractivity contribution in [3.05, 3.63) is 146 Å². The molecule has 3 aromatic heterocycles. The minimum absolute atomic E-state index is 0.671.